The van der Waals surface area contributed by atoms with Gasteiger partial charge in [-0.2, -0.15) is 0 Å². The van der Waals surface area contributed by atoms with Gasteiger partial charge in [0.25, 0.3) is 0 Å². The van der Waals surface area contributed by atoms with Crippen molar-refractivity contribution in [3.8, 4) is 0 Å². The van der Waals surface area contributed by atoms with Crippen LogP contribution in [0, 0.1) is 17.8 Å². The van der Waals surface area contributed by atoms with Gasteiger partial charge in [-0.1, -0.05) is 39.4 Å². The molecule has 0 bridgehead atoms. The summed E-state index contributed by atoms with van der Waals surface area (Å²) in [6.45, 7) is 6.26. The van der Waals surface area contributed by atoms with Gasteiger partial charge >= 0.3 is 0 Å². The summed E-state index contributed by atoms with van der Waals surface area (Å²) in [4.78, 5) is 14.8. The summed E-state index contributed by atoms with van der Waals surface area (Å²) < 4.78 is 0. The molecule has 0 aromatic heterocycles. The number of hydrogen-bond donors (Lipinski definition) is 1. The average Bonchev–Trinajstić information content (AvgIpc) is 2.37. The third kappa shape index (κ3) is 4.16. The number of hydrogen-bond acceptors (Lipinski definition) is 2. The first-order valence-corrected chi connectivity index (χ1v) is 7.85. The zero-order valence-electron chi connectivity index (χ0n) is 12.7. The van der Waals surface area contributed by atoms with Gasteiger partial charge in [0.05, 0.1) is 10.9 Å². The van der Waals surface area contributed by atoms with Crippen LogP contribution in [0.5, 0.6) is 0 Å². The number of thiocarbonyl (C=S) groups is 1. The van der Waals surface area contributed by atoms with Crippen LogP contribution < -0.4 is 5.73 Å². The SMILES string of the molecule is CCC1CCC(N(C)C(=O)C(C(N)=S)C(C)C)CC1. The van der Waals surface area contributed by atoms with E-state index in [-0.39, 0.29) is 17.7 Å². The van der Waals surface area contributed by atoms with Gasteiger partial charge in [-0.3, -0.25) is 4.79 Å². The van der Waals surface area contributed by atoms with Crippen LogP contribution in [0.3, 0.4) is 0 Å². The van der Waals surface area contributed by atoms with E-state index >= 15 is 0 Å². The smallest absolute Gasteiger partial charge is 0.232 e. The molecule has 0 spiro atoms. The molecule has 1 unspecified atom stereocenters. The van der Waals surface area contributed by atoms with Crippen LogP contribution in [-0.4, -0.2) is 28.9 Å². The van der Waals surface area contributed by atoms with Crippen LogP contribution in [0.15, 0.2) is 0 Å². The Kier molecular flexibility index (Phi) is 6.24. The molecule has 3 nitrogen and oxygen atoms in total. The van der Waals surface area contributed by atoms with Crippen molar-refractivity contribution in [2.24, 2.45) is 23.5 Å². The highest BCUT2D eigenvalue weighted by molar-refractivity contribution is 7.80. The molecule has 0 heterocycles. The molecule has 0 aromatic rings. The highest BCUT2D eigenvalue weighted by Gasteiger charge is 2.32. The first kappa shape index (κ1) is 16.4. The number of amides is 1. The van der Waals surface area contributed by atoms with Gasteiger partial charge in [0.2, 0.25) is 5.91 Å². The van der Waals surface area contributed by atoms with Crippen molar-refractivity contribution < 1.29 is 4.79 Å². The largest absolute Gasteiger partial charge is 0.393 e. The van der Waals surface area contributed by atoms with Crippen molar-refractivity contribution in [2.75, 3.05) is 7.05 Å². The average molecular weight is 284 g/mol. The van der Waals surface area contributed by atoms with E-state index in [0.29, 0.717) is 11.0 Å². The molecule has 19 heavy (non-hydrogen) atoms. The zero-order chi connectivity index (χ0) is 14.6. The number of carbonyl (C=O) groups is 1. The Labute approximate surface area is 122 Å². The molecule has 1 rings (SSSR count). The summed E-state index contributed by atoms with van der Waals surface area (Å²) in [6.07, 6.45) is 5.95. The second-order valence-corrected chi connectivity index (χ2v) is 6.63. The lowest BCUT2D eigenvalue weighted by molar-refractivity contribution is -0.136. The van der Waals surface area contributed by atoms with Gasteiger partial charge in [-0.25, -0.2) is 0 Å². The predicted molar refractivity (Wildman–Crippen MR) is 83.9 cm³/mol. The summed E-state index contributed by atoms with van der Waals surface area (Å²) in [7, 11) is 1.91. The quantitative estimate of drug-likeness (QED) is 0.790. The van der Waals surface area contributed by atoms with E-state index in [4.69, 9.17) is 18.0 Å². The Bertz CT molecular complexity index is 322. The number of carbonyl (C=O) groups excluding carboxylic acids is 1. The highest BCUT2D eigenvalue weighted by Crippen LogP contribution is 2.30. The number of nitrogens with zero attached hydrogens (tertiary/aromatic N) is 1. The summed E-state index contributed by atoms with van der Waals surface area (Å²) in [5.74, 6) is 0.794. The van der Waals surface area contributed by atoms with E-state index in [1.807, 2.05) is 25.8 Å². The van der Waals surface area contributed by atoms with E-state index in [1.54, 1.807) is 0 Å². The highest BCUT2D eigenvalue weighted by atomic mass is 32.1. The summed E-state index contributed by atoms with van der Waals surface area (Å²) >= 11 is 5.06. The van der Waals surface area contributed by atoms with Crippen LogP contribution in [-0.2, 0) is 4.79 Å². The molecular formula is C15H28N2OS. The fraction of sp³-hybridized carbons (Fsp3) is 0.867. The summed E-state index contributed by atoms with van der Waals surface area (Å²) in [5, 5.41) is 0. The van der Waals surface area contributed by atoms with Crippen LogP contribution in [0.4, 0.5) is 0 Å². The van der Waals surface area contributed by atoms with Crippen molar-refractivity contribution in [3.05, 3.63) is 0 Å². The molecule has 1 amide bonds. The first-order chi connectivity index (χ1) is 8.88. The molecule has 110 valence electrons. The Hall–Kier alpha value is -0.640. The van der Waals surface area contributed by atoms with Gasteiger partial charge in [0, 0.05) is 13.1 Å². The predicted octanol–water partition coefficient (Wildman–Crippen LogP) is 2.97. The maximum atomic E-state index is 12.5. The van der Waals surface area contributed by atoms with Gasteiger partial charge in [-0.05, 0) is 37.5 Å². The summed E-state index contributed by atoms with van der Waals surface area (Å²) in [6, 6.07) is 0.367. The van der Waals surface area contributed by atoms with E-state index in [0.717, 1.165) is 18.8 Å². The topological polar surface area (TPSA) is 46.3 Å². The Morgan fingerprint density at radius 3 is 2.21 bits per heavy atom. The van der Waals surface area contributed by atoms with Crippen molar-refractivity contribution in [3.63, 3.8) is 0 Å². The Balaban J connectivity index is 2.64. The van der Waals surface area contributed by atoms with E-state index in [2.05, 4.69) is 6.92 Å². The van der Waals surface area contributed by atoms with Crippen molar-refractivity contribution in [1.29, 1.82) is 0 Å². The first-order valence-electron chi connectivity index (χ1n) is 7.44. The fourth-order valence-electron chi connectivity index (χ4n) is 3.08. The molecule has 1 saturated carbocycles. The van der Waals surface area contributed by atoms with Crippen molar-refractivity contribution in [1.82, 2.24) is 4.90 Å². The minimum Gasteiger partial charge on any atom is -0.393 e. The lowest BCUT2D eigenvalue weighted by Gasteiger charge is -2.36. The maximum absolute atomic E-state index is 12.5. The molecule has 0 saturated heterocycles. The monoisotopic (exact) mass is 284 g/mol. The lowest BCUT2D eigenvalue weighted by Crippen LogP contribution is -2.47. The van der Waals surface area contributed by atoms with Crippen molar-refractivity contribution >= 4 is 23.1 Å². The molecule has 2 N–H and O–H groups in total. The Morgan fingerprint density at radius 1 is 1.32 bits per heavy atom. The Morgan fingerprint density at radius 2 is 1.84 bits per heavy atom. The molecule has 0 radical (unpaired) electrons. The van der Waals surface area contributed by atoms with Gasteiger partial charge in [0.1, 0.15) is 0 Å². The molecule has 1 atom stereocenters. The number of rotatable bonds is 5. The normalized spacial score (nSPS) is 25.1. The second kappa shape index (κ2) is 7.22. The van der Waals surface area contributed by atoms with Crippen LogP contribution >= 0.6 is 12.2 Å². The van der Waals surface area contributed by atoms with Gasteiger partial charge in [-0.15, -0.1) is 0 Å². The third-order valence-corrected chi connectivity index (χ3v) is 4.78. The molecule has 0 aliphatic heterocycles. The zero-order valence-corrected chi connectivity index (χ0v) is 13.5. The second-order valence-electron chi connectivity index (χ2n) is 6.16. The third-order valence-electron chi connectivity index (χ3n) is 4.53. The van der Waals surface area contributed by atoms with E-state index in [9.17, 15) is 4.79 Å². The van der Waals surface area contributed by atoms with E-state index < -0.39 is 0 Å². The maximum Gasteiger partial charge on any atom is 0.232 e. The minimum atomic E-state index is -0.316. The summed E-state index contributed by atoms with van der Waals surface area (Å²) in [5.41, 5.74) is 5.73. The minimum absolute atomic E-state index is 0.0995. The lowest BCUT2D eigenvalue weighted by atomic mass is 9.83. The van der Waals surface area contributed by atoms with Crippen LogP contribution in [0.25, 0.3) is 0 Å². The van der Waals surface area contributed by atoms with Gasteiger partial charge < -0.3 is 10.6 Å². The molecule has 1 aliphatic carbocycles. The molecule has 4 heteroatoms. The van der Waals surface area contributed by atoms with Gasteiger partial charge in [0.15, 0.2) is 0 Å². The fourth-order valence-corrected chi connectivity index (χ4v) is 3.45. The molecule has 1 fully saturated rings. The molecule has 1 aliphatic rings. The molecule has 0 aromatic carbocycles. The number of nitrogens with two attached hydrogens (primary N) is 1. The standard InChI is InChI=1S/C15H28N2OS/c1-5-11-6-8-12(9-7-11)17(4)15(18)13(10(2)3)14(16)19/h10-13H,5-9H2,1-4H3,(H2,16,19). The van der Waals surface area contributed by atoms with Crippen LogP contribution in [0.1, 0.15) is 52.9 Å². The van der Waals surface area contributed by atoms with E-state index in [1.165, 1.54) is 19.3 Å². The molecular weight excluding hydrogens is 256 g/mol. The van der Waals surface area contributed by atoms with Crippen LogP contribution in [0.2, 0.25) is 0 Å². The van der Waals surface area contributed by atoms with Crippen molar-refractivity contribution in [2.45, 2.75) is 58.9 Å².